The van der Waals surface area contributed by atoms with Crippen LogP contribution < -0.4 is 10.2 Å². The van der Waals surface area contributed by atoms with Crippen molar-refractivity contribution in [2.24, 2.45) is 0 Å². The Labute approximate surface area is 188 Å². The highest BCUT2D eigenvalue weighted by Gasteiger charge is 2.32. The van der Waals surface area contributed by atoms with Crippen LogP contribution in [0, 0.1) is 0 Å². The summed E-state index contributed by atoms with van der Waals surface area (Å²) in [6.45, 7) is 1.49. The number of pyridine rings is 1. The zero-order valence-corrected chi connectivity index (χ0v) is 17.6. The third-order valence-electron chi connectivity index (χ3n) is 5.81. The molecule has 1 aliphatic heterocycles. The summed E-state index contributed by atoms with van der Waals surface area (Å²) in [7, 11) is 0. The Balaban J connectivity index is 1.46. The highest BCUT2D eigenvalue weighted by Crippen LogP contribution is 2.36. The fourth-order valence-corrected chi connectivity index (χ4v) is 4.11. The third kappa shape index (κ3) is 4.28. The molecule has 168 valence electrons. The summed E-state index contributed by atoms with van der Waals surface area (Å²) in [6.07, 6.45) is 1.02. The maximum absolute atomic E-state index is 13.3. The van der Waals surface area contributed by atoms with Crippen molar-refractivity contribution in [2.45, 2.75) is 19.0 Å². The van der Waals surface area contributed by atoms with Crippen LogP contribution in [0.4, 0.5) is 24.5 Å². The van der Waals surface area contributed by atoms with Gasteiger partial charge in [0.05, 0.1) is 22.6 Å². The van der Waals surface area contributed by atoms with Gasteiger partial charge in [0.15, 0.2) is 0 Å². The minimum atomic E-state index is -4.49. The molecule has 1 saturated heterocycles. The van der Waals surface area contributed by atoms with Gasteiger partial charge in [0, 0.05) is 36.6 Å². The van der Waals surface area contributed by atoms with E-state index in [1.54, 1.807) is 22.7 Å². The van der Waals surface area contributed by atoms with Crippen molar-refractivity contribution in [1.29, 1.82) is 0 Å². The Kier molecular flexibility index (Phi) is 5.28. The fourth-order valence-electron chi connectivity index (χ4n) is 4.11. The molecule has 0 radical (unpaired) electrons. The lowest BCUT2D eigenvalue weighted by molar-refractivity contribution is -0.137. The molecule has 2 aromatic heterocycles. The number of alkyl halides is 3. The summed E-state index contributed by atoms with van der Waals surface area (Å²) in [6, 6.07) is 16.4. The molecule has 0 unspecified atom stereocenters. The van der Waals surface area contributed by atoms with Crippen LogP contribution in [0.3, 0.4) is 0 Å². The number of amides is 1. The molecule has 2 aromatic carbocycles. The molecule has 1 fully saturated rings. The number of carbonyl (C=O) groups is 1. The highest BCUT2D eigenvalue weighted by molar-refractivity contribution is 6.06. The molecule has 0 bridgehead atoms. The number of nitrogens with zero attached hydrogens (tertiary/aromatic N) is 3. The second-order valence-electron chi connectivity index (χ2n) is 8.05. The predicted octanol–water partition coefficient (Wildman–Crippen LogP) is 5.87. The quantitative estimate of drug-likeness (QED) is 0.423. The van der Waals surface area contributed by atoms with E-state index in [2.05, 4.69) is 10.3 Å². The van der Waals surface area contributed by atoms with E-state index < -0.39 is 17.6 Å². The van der Waals surface area contributed by atoms with Gasteiger partial charge in [-0.1, -0.05) is 30.3 Å². The highest BCUT2D eigenvalue weighted by atomic mass is 19.4. The van der Waals surface area contributed by atoms with E-state index in [0.29, 0.717) is 16.9 Å². The van der Waals surface area contributed by atoms with Crippen LogP contribution in [-0.2, 0) is 6.18 Å². The van der Waals surface area contributed by atoms with E-state index in [1.165, 1.54) is 6.07 Å². The molecule has 1 amide bonds. The molecule has 8 heteroatoms. The molecule has 0 atom stereocenters. The zero-order valence-electron chi connectivity index (χ0n) is 17.6. The van der Waals surface area contributed by atoms with Gasteiger partial charge in [0.25, 0.3) is 5.91 Å². The number of hydrogen-bond donors (Lipinski definition) is 1. The van der Waals surface area contributed by atoms with Crippen molar-refractivity contribution in [3.8, 4) is 11.3 Å². The van der Waals surface area contributed by atoms with Crippen LogP contribution in [0.15, 0.2) is 73.1 Å². The Morgan fingerprint density at radius 3 is 2.45 bits per heavy atom. The number of anilines is 2. The number of carbonyl (C=O) groups excluding carboxylic acids is 1. The Morgan fingerprint density at radius 2 is 1.73 bits per heavy atom. The van der Waals surface area contributed by atoms with Gasteiger partial charge in [-0.15, -0.1) is 0 Å². The molecule has 0 saturated carbocycles. The van der Waals surface area contributed by atoms with Crippen LogP contribution in [0.1, 0.15) is 28.8 Å². The zero-order chi connectivity index (χ0) is 23.0. The van der Waals surface area contributed by atoms with Gasteiger partial charge in [-0.25, -0.2) is 4.98 Å². The smallest absolute Gasteiger partial charge is 0.370 e. The molecule has 1 aliphatic rings. The largest absolute Gasteiger partial charge is 0.416 e. The standard InChI is InChI=1S/C25H21F3N4O/c26-25(27,28)19-8-9-22(31-11-4-5-12-31)20(15-19)30-24(33)18-10-13-32-16-21(29-23(32)14-18)17-6-2-1-3-7-17/h1-3,6-10,13-16H,4-5,11-12H2,(H,30,33). The molecule has 1 N–H and O–H groups in total. The SMILES string of the molecule is O=C(Nc1cc(C(F)(F)F)ccc1N1CCCC1)c1ccn2cc(-c3ccccc3)nc2c1. The van der Waals surface area contributed by atoms with E-state index in [1.807, 2.05) is 41.4 Å². The van der Waals surface area contributed by atoms with Crippen molar-refractivity contribution in [2.75, 3.05) is 23.3 Å². The minimum absolute atomic E-state index is 0.157. The summed E-state index contributed by atoms with van der Waals surface area (Å²) in [5, 5.41) is 2.70. The number of aromatic nitrogens is 2. The first-order valence-corrected chi connectivity index (χ1v) is 10.7. The third-order valence-corrected chi connectivity index (χ3v) is 5.81. The molecule has 5 nitrogen and oxygen atoms in total. The Morgan fingerprint density at radius 1 is 0.970 bits per heavy atom. The van der Waals surface area contributed by atoms with E-state index in [0.717, 1.165) is 49.3 Å². The summed E-state index contributed by atoms with van der Waals surface area (Å²) in [5.74, 6) is -0.485. The van der Waals surface area contributed by atoms with E-state index in [9.17, 15) is 18.0 Å². The van der Waals surface area contributed by atoms with Gasteiger partial charge < -0.3 is 14.6 Å². The number of fused-ring (bicyclic) bond motifs is 1. The topological polar surface area (TPSA) is 49.6 Å². The lowest BCUT2D eigenvalue weighted by Gasteiger charge is -2.23. The number of hydrogen-bond acceptors (Lipinski definition) is 3. The predicted molar refractivity (Wildman–Crippen MR) is 121 cm³/mol. The average Bonchev–Trinajstić information content (AvgIpc) is 3.48. The van der Waals surface area contributed by atoms with Crippen LogP contribution in [0.25, 0.3) is 16.9 Å². The maximum atomic E-state index is 13.3. The Bertz CT molecular complexity index is 1310. The first kappa shape index (κ1) is 21.1. The van der Waals surface area contributed by atoms with Gasteiger partial charge in [-0.3, -0.25) is 4.79 Å². The molecular weight excluding hydrogens is 429 g/mol. The molecule has 3 heterocycles. The summed E-state index contributed by atoms with van der Waals surface area (Å²) < 4.78 is 41.8. The number of halogens is 3. The van der Waals surface area contributed by atoms with Crippen molar-refractivity contribution < 1.29 is 18.0 Å². The van der Waals surface area contributed by atoms with Crippen LogP contribution >= 0.6 is 0 Å². The number of rotatable bonds is 4. The van der Waals surface area contributed by atoms with E-state index in [4.69, 9.17) is 0 Å². The van der Waals surface area contributed by atoms with Crippen LogP contribution in [0.5, 0.6) is 0 Å². The number of imidazole rings is 1. The van der Waals surface area contributed by atoms with E-state index >= 15 is 0 Å². The summed E-state index contributed by atoms with van der Waals surface area (Å²) >= 11 is 0. The normalized spacial score (nSPS) is 14.1. The number of benzene rings is 2. The van der Waals surface area contributed by atoms with Gasteiger partial charge in [-0.05, 0) is 43.2 Å². The van der Waals surface area contributed by atoms with Crippen molar-refractivity contribution in [3.63, 3.8) is 0 Å². The molecular formula is C25H21F3N4O. The van der Waals surface area contributed by atoms with Crippen molar-refractivity contribution >= 4 is 22.9 Å². The minimum Gasteiger partial charge on any atom is -0.370 e. The summed E-state index contributed by atoms with van der Waals surface area (Å²) in [4.78, 5) is 19.6. The van der Waals surface area contributed by atoms with E-state index in [-0.39, 0.29) is 5.69 Å². The molecule has 5 rings (SSSR count). The van der Waals surface area contributed by atoms with Gasteiger partial charge in [-0.2, -0.15) is 13.2 Å². The lowest BCUT2D eigenvalue weighted by Crippen LogP contribution is -2.22. The summed E-state index contributed by atoms with van der Waals surface area (Å²) in [5.41, 5.74) is 2.57. The van der Waals surface area contributed by atoms with Crippen LogP contribution in [0.2, 0.25) is 0 Å². The molecule has 0 aliphatic carbocycles. The first-order chi connectivity index (χ1) is 15.9. The second kappa shape index (κ2) is 8.27. The molecule has 4 aromatic rings. The molecule has 33 heavy (non-hydrogen) atoms. The first-order valence-electron chi connectivity index (χ1n) is 10.7. The number of nitrogens with one attached hydrogen (secondary N) is 1. The van der Waals surface area contributed by atoms with Crippen LogP contribution in [-0.4, -0.2) is 28.4 Å². The van der Waals surface area contributed by atoms with Crippen molar-refractivity contribution in [1.82, 2.24) is 9.38 Å². The van der Waals surface area contributed by atoms with Crippen molar-refractivity contribution in [3.05, 3.63) is 84.2 Å². The second-order valence-corrected chi connectivity index (χ2v) is 8.05. The van der Waals surface area contributed by atoms with Gasteiger partial charge in [0.1, 0.15) is 5.65 Å². The van der Waals surface area contributed by atoms with Gasteiger partial charge in [0.2, 0.25) is 0 Å². The monoisotopic (exact) mass is 450 g/mol. The lowest BCUT2D eigenvalue weighted by atomic mass is 10.1. The fraction of sp³-hybridized carbons (Fsp3) is 0.200. The molecule has 0 spiro atoms. The Hall–Kier alpha value is -3.81. The van der Waals surface area contributed by atoms with Gasteiger partial charge >= 0.3 is 6.18 Å². The average molecular weight is 450 g/mol. The maximum Gasteiger partial charge on any atom is 0.416 e.